The second-order valence-electron chi connectivity index (χ2n) is 8.66. The van der Waals surface area contributed by atoms with Crippen molar-refractivity contribution in [1.82, 2.24) is 5.32 Å². The zero-order valence-corrected chi connectivity index (χ0v) is 18.1. The molecule has 1 amide bonds. The van der Waals surface area contributed by atoms with Crippen molar-refractivity contribution in [2.75, 3.05) is 0 Å². The molecule has 1 N–H and O–H groups in total. The Labute approximate surface area is 178 Å². The van der Waals surface area contributed by atoms with Crippen LogP contribution in [-0.4, -0.2) is 17.6 Å². The van der Waals surface area contributed by atoms with Gasteiger partial charge in [-0.2, -0.15) is 0 Å². The molecule has 4 rings (SSSR count). The Morgan fingerprint density at radius 3 is 2.73 bits per heavy atom. The molecular weight excluding hydrogens is 374 g/mol. The van der Waals surface area contributed by atoms with Crippen LogP contribution >= 0.6 is 0 Å². The lowest BCUT2D eigenvalue weighted by Crippen LogP contribution is -2.45. The Balaban J connectivity index is 1.56. The molecule has 3 aromatic carbocycles. The van der Waals surface area contributed by atoms with Gasteiger partial charge in [0.05, 0.1) is 6.04 Å². The first-order chi connectivity index (χ1) is 14.4. The molecule has 4 nitrogen and oxygen atoms in total. The van der Waals surface area contributed by atoms with Gasteiger partial charge < -0.3 is 14.8 Å². The van der Waals surface area contributed by atoms with Gasteiger partial charge >= 0.3 is 0 Å². The van der Waals surface area contributed by atoms with Gasteiger partial charge in [0.1, 0.15) is 17.1 Å². The lowest BCUT2D eigenvalue weighted by molar-refractivity contribution is -0.129. The summed E-state index contributed by atoms with van der Waals surface area (Å²) in [6.07, 6.45) is 0.734. The van der Waals surface area contributed by atoms with Gasteiger partial charge in [0.2, 0.25) is 0 Å². The van der Waals surface area contributed by atoms with E-state index in [9.17, 15) is 4.79 Å². The summed E-state index contributed by atoms with van der Waals surface area (Å²) in [6.45, 7) is 8.13. The van der Waals surface area contributed by atoms with Gasteiger partial charge in [0, 0.05) is 17.4 Å². The number of fused-ring (bicyclic) bond motifs is 2. The second-order valence-corrected chi connectivity index (χ2v) is 8.66. The van der Waals surface area contributed by atoms with Crippen molar-refractivity contribution in [3.8, 4) is 11.5 Å². The van der Waals surface area contributed by atoms with E-state index in [0.717, 1.165) is 33.4 Å². The topological polar surface area (TPSA) is 47.6 Å². The van der Waals surface area contributed by atoms with Crippen molar-refractivity contribution in [1.29, 1.82) is 0 Å². The molecule has 0 aliphatic carbocycles. The van der Waals surface area contributed by atoms with Gasteiger partial charge in [0.15, 0.2) is 6.10 Å². The summed E-state index contributed by atoms with van der Waals surface area (Å²) in [4.78, 5) is 13.2. The third-order valence-corrected chi connectivity index (χ3v) is 5.63. The smallest absolute Gasteiger partial charge is 0.261 e. The van der Waals surface area contributed by atoms with E-state index in [2.05, 4.69) is 31.3 Å². The number of benzene rings is 3. The van der Waals surface area contributed by atoms with Crippen LogP contribution in [0.4, 0.5) is 0 Å². The van der Waals surface area contributed by atoms with Crippen molar-refractivity contribution < 1.29 is 14.3 Å². The lowest BCUT2D eigenvalue weighted by Gasteiger charge is -2.38. The maximum atomic E-state index is 13.2. The molecule has 156 valence electrons. The molecule has 4 heteroatoms. The van der Waals surface area contributed by atoms with E-state index in [-0.39, 0.29) is 17.6 Å². The fraction of sp³-hybridized carbons (Fsp3) is 0.346. The zero-order valence-electron chi connectivity index (χ0n) is 18.1. The molecule has 0 aromatic heterocycles. The third kappa shape index (κ3) is 4.13. The predicted molar refractivity (Wildman–Crippen MR) is 120 cm³/mol. The first kappa shape index (κ1) is 20.3. The van der Waals surface area contributed by atoms with Gasteiger partial charge in [-0.25, -0.2) is 0 Å². The predicted octanol–water partition coefficient (Wildman–Crippen LogP) is 5.72. The van der Waals surface area contributed by atoms with Gasteiger partial charge in [-0.3, -0.25) is 4.79 Å². The monoisotopic (exact) mass is 403 g/mol. The fourth-order valence-electron chi connectivity index (χ4n) is 4.13. The highest BCUT2D eigenvalue weighted by atomic mass is 16.5. The number of carbonyl (C=O) groups excluding carboxylic acids is 1. The van der Waals surface area contributed by atoms with Crippen molar-refractivity contribution in [3.05, 3.63) is 71.8 Å². The quantitative estimate of drug-likeness (QED) is 0.592. The highest BCUT2D eigenvalue weighted by Gasteiger charge is 2.35. The van der Waals surface area contributed by atoms with Gasteiger partial charge in [-0.1, -0.05) is 55.5 Å². The van der Waals surface area contributed by atoms with Crippen molar-refractivity contribution in [2.45, 2.75) is 58.3 Å². The largest absolute Gasteiger partial charge is 0.487 e. The van der Waals surface area contributed by atoms with Gasteiger partial charge in [-0.15, -0.1) is 0 Å². The highest BCUT2D eigenvalue weighted by Crippen LogP contribution is 2.40. The molecule has 0 radical (unpaired) electrons. The number of amides is 1. The van der Waals surface area contributed by atoms with E-state index in [4.69, 9.17) is 9.47 Å². The average Bonchev–Trinajstić information content (AvgIpc) is 2.70. The number of carbonyl (C=O) groups is 1. The summed E-state index contributed by atoms with van der Waals surface area (Å²) in [5.41, 5.74) is 1.81. The standard InChI is InChI=1S/C26H29NO3/c1-5-22(29-23-12-8-10-18-9-6-7-11-19(18)23)25(28)27-21-16-26(3,4)30-24-15-17(2)13-14-20(21)24/h6-15,21-22H,5,16H2,1-4H3,(H,27,28). The molecule has 0 spiro atoms. The average molecular weight is 404 g/mol. The van der Waals surface area contributed by atoms with E-state index < -0.39 is 6.10 Å². The molecular formula is C26H29NO3. The van der Waals surface area contributed by atoms with Crippen LogP contribution < -0.4 is 14.8 Å². The Kier molecular flexibility index (Phi) is 5.42. The molecule has 3 aromatic rings. The van der Waals surface area contributed by atoms with Crippen molar-refractivity contribution in [3.63, 3.8) is 0 Å². The highest BCUT2D eigenvalue weighted by molar-refractivity contribution is 5.89. The Hall–Kier alpha value is -3.01. The SMILES string of the molecule is CCC(Oc1cccc2ccccc12)C(=O)NC1CC(C)(C)Oc2cc(C)ccc21. The fourth-order valence-corrected chi connectivity index (χ4v) is 4.13. The number of nitrogens with one attached hydrogen (secondary N) is 1. The van der Waals surface area contributed by atoms with Crippen molar-refractivity contribution >= 4 is 16.7 Å². The van der Waals surface area contributed by atoms with Gasteiger partial charge in [-0.05, 0) is 50.3 Å². The van der Waals surface area contributed by atoms with Crippen LogP contribution in [-0.2, 0) is 4.79 Å². The Bertz CT molecular complexity index is 1070. The summed E-state index contributed by atoms with van der Waals surface area (Å²) >= 11 is 0. The first-order valence-electron chi connectivity index (χ1n) is 10.6. The van der Waals surface area contributed by atoms with Crippen LogP contribution in [0, 0.1) is 6.92 Å². The molecule has 0 saturated heterocycles. The minimum Gasteiger partial charge on any atom is -0.487 e. The molecule has 0 bridgehead atoms. The number of hydrogen-bond acceptors (Lipinski definition) is 3. The first-order valence-corrected chi connectivity index (χ1v) is 10.6. The number of aryl methyl sites for hydroxylation is 1. The molecule has 1 heterocycles. The summed E-state index contributed by atoms with van der Waals surface area (Å²) in [6, 6.07) is 20.0. The number of ether oxygens (including phenoxy) is 2. The summed E-state index contributed by atoms with van der Waals surface area (Å²) in [7, 11) is 0. The lowest BCUT2D eigenvalue weighted by atomic mass is 9.89. The normalized spacial score (nSPS) is 18.2. The maximum absolute atomic E-state index is 13.2. The molecule has 1 aliphatic heterocycles. The van der Waals surface area contributed by atoms with Crippen LogP contribution in [0.2, 0.25) is 0 Å². The van der Waals surface area contributed by atoms with E-state index in [1.165, 1.54) is 0 Å². The molecule has 0 saturated carbocycles. The van der Waals surface area contributed by atoms with E-state index in [1.807, 2.05) is 62.4 Å². The molecule has 1 aliphatic rings. The van der Waals surface area contributed by atoms with Crippen LogP contribution in [0.1, 0.15) is 50.8 Å². The Morgan fingerprint density at radius 1 is 1.17 bits per heavy atom. The molecule has 2 atom stereocenters. The van der Waals surface area contributed by atoms with Crippen LogP contribution in [0.25, 0.3) is 10.8 Å². The molecule has 30 heavy (non-hydrogen) atoms. The summed E-state index contributed by atoms with van der Waals surface area (Å²) < 4.78 is 12.4. The van der Waals surface area contributed by atoms with E-state index in [1.54, 1.807) is 0 Å². The molecule has 0 fully saturated rings. The second kappa shape index (κ2) is 8.02. The summed E-state index contributed by atoms with van der Waals surface area (Å²) in [5, 5.41) is 5.34. The van der Waals surface area contributed by atoms with E-state index >= 15 is 0 Å². The van der Waals surface area contributed by atoms with Crippen LogP contribution in [0.15, 0.2) is 60.7 Å². The number of rotatable bonds is 5. The zero-order chi connectivity index (χ0) is 21.3. The maximum Gasteiger partial charge on any atom is 0.261 e. The van der Waals surface area contributed by atoms with Gasteiger partial charge in [0.25, 0.3) is 5.91 Å². The third-order valence-electron chi connectivity index (χ3n) is 5.63. The summed E-state index contributed by atoms with van der Waals surface area (Å²) in [5.74, 6) is 1.48. The van der Waals surface area contributed by atoms with Crippen molar-refractivity contribution in [2.24, 2.45) is 0 Å². The van der Waals surface area contributed by atoms with Crippen LogP contribution in [0.5, 0.6) is 11.5 Å². The Morgan fingerprint density at radius 2 is 1.93 bits per heavy atom. The van der Waals surface area contributed by atoms with Crippen LogP contribution in [0.3, 0.4) is 0 Å². The molecule has 2 unspecified atom stereocenters. The van der Waals surface area contributed by atoms with E-state index in [0.29, 0.717) is 12.8 Å². The minimum atomic E-state index is -0.560. The minimum absolute atomic E-state index is 0.0975. The number of hydrogen-bond donors (Lipinski definition) is 1.